The molecule has 0 bridgehead atoms. The van der Waals surface area contributed by atoms with E-state index in [4.69, 9.17) is 18.9 Å². The van der Waals surface area contributed by atoms with Gasteiger partial charge in [0.05, 0.1) is 6.54 Å². The second-order valence-electron chi connectivity index (χ2n) is 12.6. The lowest BCUT2D eigenvalue weighted by molar-refractivity contribution is -0.334. The number of amides is 2. The average Bonchev–Trinajstić information content (AvgIpc) is 3.01. The molecule has 0 aromatic rings. The lowest BCUT2D eigenvalue weighted by Crippen LogP contribution is -2.62. The number of carbonyl (C=O) groups excluding carboxylic acids is 3. The second kappa shape index (κ2) is 13.6. The van der Waals surface area contributed by atoms with Gasteiger partial charge in [0, 0.05) is 13.5 Å². The van der Waals surface area contributed by atoms with Gasteiger partial charge in [-0.05, 0) is 50.9 Å². The van der Waals surface area contributed by atoms with Gasteiger partial charge in [0.1, 0.15) is 30.5 Å². The fourth-order valence-electron chi connectivity index (χ4n) is 5.45. The maximum atomic E-state index is 13.3. The van der Waals surface area contributed by atoms with Crippen molar-refractivity contribution in [1.29, 1.82) is 0 Å². The monoisotopic (exact) mass is 552 g/mol. The smallest absolute Gasteiger partial charge is 0.306 e. The van der Waals surface area contributed by atoms with E-state index in [2.05, 4.69) is 10.6 Å². The Labute approximate surface area is 232 Å². The van der Waals surface area contributed by atoms with Crippen LogP contribution in [-0.4, -0.2) is 78.9 Å². The van der Waals surface area contributed by atoms with Crippen molar-refractivity contribution in [2.45, 2.75) is 128 Å². The molecule has 1 aliphatic carbocycles. The number of carbonyl (C=O) groups is 3. The van der Waals surface area contributed by atoms with Crippen molar-refractivity contribution < 1.29 is 38.4 Å². The predicted molar refractivity (Wildman–Crippen MR) is 144 cm³/mol. The van der Waals surface area contributed by atoms with Gasteiger partial charge >= 0.3 is 5.97 Å². The fraction of sp³-hybridized carbons (Fsp3) is 0.828. The second-order valence-corrected chi connectivity index (χ2v) is 12.6. The molecule has 0 aromatic heterocycles. The van der Waals surface area contributed by atoms with Gasteiger partial charge in [-0.3, -0.25) is 14.4 Å². The highest BCUT2D eigenvalue weighted by Gasteiger charge is 2.48. The normalized spacial score (nSPS) is 31.3. The Morgan fingerprint density at radius 1 is 1.15 bits per heavy atom. The summed E-state index contributed by atoms with van der Waals surface area (Å²) < 4.78 is 23.0. The van der Waals surface area contributed by atoms with Crippen LogP contribution in [0.2, 0.25) is 0 Å². The molecular weight excluding hydrogens is 504 g/mol. The zero-order chi connectivity index (χ0) is 28.8. The molecule has 2 aliphatic heterocycles. The molecule has 0 spiro atoms. The number of aliphatic hydroxyl groups excluding tert-OH is 1. The number of esters is 1. The van der Waals surface area contributed by atoms with Crippen molar-refractivity contribution in [3.05, 3.63) is 12.2 Å². The van der Waals surface area contributed by atoms with Crippen LogP contribution in [0.4, 0.5) is 0 Å². The molecule has 39 heavy (non-hydrogen) atoms. The highest BCUT2D eigenvalue weighted by molar-refractivity contribution is 5.90. The molecule has 0 aromatic carbocycles. The number of hydrogen-bond donors (Lipinski definition) is 3. The quantitative estimate of drug-likeness (QED) is 0.309. The van der Waals surface area contributed by atoms with Crippen molar-refractivity contribution in [3.63, 3.8) is 0 Å². The summed E-state index contributed by atoms with van der Waals surface area (Å²) in [5.74, 6) is -1.87. The number of rotatable bonds is 8. The third-order valence-corrected chi connectivity index (χ3v) is 7.50. The standard InChI is InChI=1S/C29H48N2O8/c1-28(2,3)15-14-21-23(33)24(39-29(4,5)38-21)25(36-6)27(35)31-20-13-12-19(17-30-26(20)34)37-22(32)16-18-10-8-7-9-11-18/h14-15,18-21,23-25,33H,7-13,16-17H2,1-6H3,(H,30,34)(H,31,35)/b15-14+/t19-,20+,21-,23+,24-,25-/m1/s1. The molecule has 2 saturated heterocycles. The number of hydrogen-bond acceptors (Lipinski definition) is 8. The molecule has 6 atom stereocenters. The molecular formula is C29H48N2O8. The lowest BCUT2D eigenvalue weighted by Gasteiger charge is -2.45. The van der Waals surface area contributed by atoms with Crippen LogP contribution in [0.3, 0.4) is 0 Å². The Kier molecular flexibility index (Phi) is 11.0. The lowest BCUT2D eigenvalue weighted by atomic mass is 9.87. The summed E-state index contributed by atoms with van der Waals surface area (Å²) in [6.07, 6.45) is 5.96. The summed E-state index contributed by atoms with van der Waals surface area (Å²) in [4.78, 5) is 38.5. The van der Waals surface area contributed by atoms with Crippen LogP contribution in [0.25, 0.3) is 0 Å². The Bertz CT molecular complexity index is 877. The van der Waals surface area contributed by atoms with E-state index in [1.165, 1.54) is 13.5 Å². The van der Waals surface area contributed by atoms with E-state index in [9.17, 15) is 19.5 Å². The molecule has 2 amide bonds. The molecule has 0 unspecified atom stereocenters. The maximum absolute atomic E-state index is 13.3. The highest BCUT2D eigenvalue weighted by atomic mass is 16.7. The first kappa shape index (κ1) is 31.5. The Balaban J connectivity index is 1.59. The summed E-state index contributed by atoms with van der Waals surface area (Å²) >= 11 is 0. The Morgan fingerprint density at radius 2 is 1.85 bits per heavy atom. The van der Waals surface area contributed by atoms with Crippen molar-refractivity contribution in [3.8, 4) is 0 Å². The van der Waals surface area contributed by atoms with E-state index in [-0.39, 0.29) is 23.8 Å². The first-order chi connectivity index (χ1) is 18.3. The molecule has 0 radical (unpaired) electrons. The average molecular weight is 553 g/mol. The third kappa shape index (κ3) is 9.55. The maximum Gasteiger partial charge on any atom is 0.306 e. The van der Waals surface area contributed by atoms with Crippen LogP contribution in [0.5, 0.6) is 0 Å². The summed E-state index contributed by atoms with van der Waals surface area (Å²) in [7, 11) is 1.36. The van der Waals surface area contributed by atoms with Crippen molar-refractivity contribution in [2.75, 3.05) is 13.7 Å². The number of nitrogens with one attached hydrogen (secondary N) is 2. The van der Waals surface area contributed by atoms with Gasteiger partial charge in [-0.1, -0.05) is 52.2 Å². The Hall–Kier alpha value is -2.01. The van der Waals surface area contributed by atoms with Crippen LogP contribution in [0.1, 0.15) is 86.0 Å². The zero-order valence-electron chi connectivity index (χ0n) is 24.4. The Morgan fingerprint density at radius 3 is 2.49 bits per heavy atom. The minimum atomic E-state index is -1.19. The summed E-state index contributed by atoms with van der Waals surface area (Å²) in [6, 6.07) is -0.834. The van der Waals surface area contributed by atoms with E-state index in [1.807, 2.05) is 26.8 Å². The van der Waals surface area contributed by atoms with Crippen LogP contribution >= 0.6 is 0 Å². The fourth-order valence-corrected chi connectivity index (χ4v) is 5.45. The first-order valence-electron chi connectivity index (χ1n) is 14.3. The molecule has 1 saturated carbocycles. The number of allylic oxidation sites excluding steroid dienone is 1. The van der Waals surface area contributed by atoms with Gasteiger partial charge in [0.25, 0.3) is 5.91 Å². The molecule has 3 fully saturated rings. The van der Waals surface area contributed by atoms with E-state index < -0.39 is 48.3 Å². The number of methoxy groups -OCH3 is 1. The van der Waals surface area contributed by atoms with Crippen LogP contribution in [0.15, 0.2) is 12.2 Å². The van der Waals surface area contributed by atoms with Crippen molar-refractivity contribution in [2.24, 2.45) is 11.3 Å². The number of ether oxygens (including phenoxy) is 4. The molecule has 3 aliphatic rings. The highest BCUT2D eigenvalue weighted by Crippen LogP contribution is 2.32. The number of aliphatic hydroxyl groups is 1. The first-order valence-corrected chi connectivity index (χ1v) is 14.3. The molecule has 10 nitrogen and oxygen atoms in total. The molecule has 3 rings (SSSR count). The predicted octanol–water partition coefficient (Wildman–Crippen LogP) is 2.76. The van der Waals surface area contributed by atoms with Crippen molar-refractivity contribution in [1.82, 2.24) is 10.6 Å². The van der Waals surface area contributed by atoms with Crippen LogP contribution in [-0.2, 0) is 33.3 Å². The van der Waals surface area contributed by atoms with Crippen molar-refractivity contribution >= 4 is 17.8 Å². The summed E-state index contributed by atoms with van der Waals surface area (Å²) in [6.45, 7) is 9.72. The van der Waals surface area contributed by atoms with E-state index in [0.29, 0.717) is 25.2 Å². The van der Waals surface area contributed by atoms with Gasteiger partial charge in [-0.15, -0.1) is 0 Å². The molecule has 222 valence electrons. The largest absolute Gasteiger partial charge is 0.460 e. The topological polar surface area (TPSA) is 132 Å². The van der Waals surface area contributed by atoms with E-state index >= 15 is 0 Å². The minimum absolute atomic E-state index is 0.131. The zero-order valence-corrected chi connectivity index (χ0v) is 24.4. The van der Waals surface area contributed by atoms with E-state index in [1.54, 1.807) is 19.9 Å². The van der Waals surface area contributed by atoms with Gasteiger partial charge in [0.15, 0.2) is 11.9 Å². The SMILES string of the molecule is CO[C@@H](C(=O)N[C@H]1CC[C@@H](OC(=O)CC2CCCCC2)CNC1=O)[C@@H]1OC(C)(C)O[C@H](/C=C/C(C)(C)C)[C@@H]1O. The van der Waals surface area contributed by atoms with Gasteiger partial charge < -0.3 is 34.7 Å². The minimum Gasteiger partial charge on any atom is -0.460 e. The van der Waals surface area contributed by atoms with Gasteiger partial charge in [-0.2, -0.15) is 0 Å². The molecule has 3 N–H and O–H groups in total. The molecule has 2 heterocycles. The molecule has 10 heteroatoms. The van der Waals surface area contributed by atoms with Gasteiger partial charge in [-0.25, -0.2) is 0 Å². The summed E-state index contributed by atoms with van der Waals surface area (Å²) in [5.41, 5.74) is -0.131. The van der Waals surface area contributed by atoms with E-state index in [0.717, 1.165) is 25.7 Å². The van der Waals surface area contributed by atoms with Gasteiger partial charge in [0.2, 0.25) is 5.91 Å². The third-order valence-electron chi connectivity index (χ3n) is 7.50. The summed E-state index contributed by atoms with van der Waals surface area (Å²) in [5, 5.41) is 16.6. The van der Waals surface area contributed by atoms with Crippen LogP contribution in [0, 0.1) is 11.3 Å². The van der Waals surface area contributed by atoms with Crippen LogP contribution < -0.4 is 10.6 Å².